The molecule has 0 heterocycles. The number of nitrogens with two attached hydrogens (primary N) is 1. The summed E-state index contributed by atoms with van der Waals surface area (Å²) in [6, 6.07) is 7.31. The van der Waals surface area contributed by atoms with Crippen LogP contribution >= 0.6 is 0 Å². The Labute approximate surface area is 116 Å². The molecule has 2 aromatic rings. The highest BCUT2D eigenvalue weighted by Crippen LogP contribution is 2.24. The van der Waals surface area contributed by atoms with E-state index in [0.29, 0.717) is 6.07 Å². The maximum absolute atomic E-state index is 13.1. The quantitative estimate of drug-likeness (QED) is 0.886. The molecule has 0 aliphatic rings. The van der Waals surface area contributed by atoms with Crippen LogP contribution in [0.4, 0.5) is 14.5 Å². The number of halogens is 2. The molecule has 0 aliphatic carbocycles. The molecule has 3 nitrogen and oxygen atoms in total. The van der Waals surface area contributed by atoms with Crippen LogP contribution in [0.1, 0.15) is 11.1 Å². The van der Waals surface area contributed by atoms with Crippen molar-refractivity contribution in [2.75, 3.05) is 5.73 Å². The summed E-state index contributed by atoms with van der Waals surface area (Å²) in [6.07, 6.45) is 0. The highest BCUT2D eigenvalue weighted by molar-refractivity contribution is 7.90. The third-order valence-corrected chi connectivity index (χ3v) is 4.52. The molecule has 2 N–H and O–H groups in total. The van der Waals surface area contributed by atoms with Crippen LogP contribution in [0.3, 0.4) is 0 Å². The lowest BCUT2D eigenvalue weighted by molar-refractivity contribution is 0.579. The lowest BCUT2D eigenvalue weighted by atomic mass is 10.2. The smallest absolute Gasteiger partial charge is 0.184 e. The number of benzene rings is 2. The summed E-state index contributed by atoms with van der Waals surface area (Å²) in [4.78, 5) is -0.0258. The highest BCUT2D eigenvalue weighted by Gasteiger charge is 2.19. The summed E-state index contributed by atoms with van der Waals surface area (Å²) in [6.45, 7) is 1.74. The molecule has 0 aromatic heterocycles. The molecule has 0 saturated heterocycles. The van der Waals surface area contributed by atoms with E-state index in [-0.39, 0.29) is 16.1 Å². The Morgan fingerprint density at radius 2 is 1.65 bits per heavy atom. The number of hydrogen-bond acceptors (Lipinski definition) is 3. The fourth-order valence-corrected chi connectivity index (χ4v) is 3.46. The molecular weight excluding hydrogens is 284 g/mol. The molecule has 106 valence electrons. The van der Waals surface area contributed by atoms with Gasteiger partial charge in [0.1, 0.15) is 11.6 Å². The van der Waals surface area contributed by atoms with Gasteiger partial charge in [-0.05, 0) is 42.3 Å². The van der Waals surface area contributed by atoms with E-state index in [9.17, 15) is 17.2 Å². The second kappa shape index (κ2) is 5.20. The van der Waals surface area contributed by atoms with Gasteiger partial charge in [0.15, 0.2) is 9.84 Å². The van der Waals surface area contributed by atoms with Gasteiger partial charge < -0.3 is 5.73 Å². The van der Waals surface area contributed by atoms with Crippen molar-refractivity contribution < 1.29 is 17.2 Å². The molecule has 0 bridgehead atoms. The van der Waals surface area contributed by atoms with Crippen molar-refractivity contribution in [1.29, 1.82) is 0 Å². The predicted molar refractivity (Wildman–Crippen MR) is 72.8 cm³/mol. The fraction of sp³-hybridized carbons (Fsp3) is 0.143. The molecule has 0 aliphatic heterocycles. The van der Waals surface area contributed by atoms with Gasteiger partial charge in [-0.15, -0.1) is 0 Å². The molecule has 0 atom stereocenters. The van der Waals surface area contributed by atoms with Crippen molar-refractivity contribution in [3.8, 4) is 0 Å². The van der Waals surface area contributed by atoms with Crippen molar-refractivity contribution in [3.63, 3.8) is 0 Å². The number of sulfone groups is 1. The lowest BCUT2D eigenvalue weighted by Gasteiger charge is -2.09. The number of anilines is 1. The topological polar surface area (TPSA) is 60.2 Å². The van der Waals surface area contributed by atoms with E-state index in [2.05, 4.69) is 0 Å². The molecule has 0 amide bonds. The SMILES string of the molecule is Cc1ccc(N)c(S(=O)(=O)Cc2cc(F)cc(F)c2)c1. The first-order valence-electron chi connectivity index (χ1n) is 5.82. The molecular formula is C14H13F2NO2S. The molecule has 2 rings (SSSR count). The van der Waals surface area contributed by atoms with Gasteiger partial charge in [0, 0.05) is 6.07 Å². The minimum atomic E-state index is -3.76. The van der Waals surface area contributed by atoms with Crippen LogP contribution in [0.2, 0.25) is 0 Å². The zero-order chi connectivity index (χ0) is 14.9. The summed E-state index contributed by atoms with van der Waals surface area (Å²) in [7, 11) is -3.76. The van der Waals surface area contributed by atoms with Gasteiger partial charge in [0.2, 0.25) is 0 Å². The van der Waals surface area contributed by atoms with Gasteiger partial charge in [-0.2, -0.15) is 0 Å². The van der Waals surface area contributed by atoms with Crippen LogP contribution in [0.15, 0.2) is 41.3 Å². The zero-order valence-corrected chi connectivity index (χ0v) is 11.5. The standard InChI is InChI=1S/C14H13F2NO2S/c1-9-2-3-13(17)14(4-9)20(18,19)8-10-5-11(15)7-12(16)6-10/h2-7H,8,17H2,1H3. The summed E-state index contributed by atoms with van der Waals surface area (Å²) < 4.78 is 50.7. The third kappa shape index (κ3) is 3.14. The van der Waals surface area contributed by atoms with Crippen molar-refractivity contribution in [2.24, 2.45) is 0 Å². The Balaban J connectivity index is 2.43. The Kier molecular flexibility index (Phi) is 3.76. The molecule has 6 heteroatoms. The average molecular weight is 297 g/mol. The molecule has 20 heavy (non-hydrogen) atoms. The van der Waals surface area contributed by atoms with E-state index in [1.54, 1.807) is 13.0 Å². The summed E-state index contributed by atoms with van der Waals surface area (Å²) in [5.41, 5.74) is 6.56. The van der Waals surface area contributed by atoms with Crippen LogP contribution in [0, 0.1) is 18.6 Å². The molecule has 0 fully saturated rings. The first-order chi connectivity index (χ1) is 9.28. The van der Waals surface area contributed by atoms with Gasteiger partial charge in [-0.1, -0.05) is 6.07 Å². The third-order valence-electron chi connectivity index (χ3n) is 2.78. The van der Waals surface area contributed by atoms with Crippen LogP contribution in [0.25, 0.3) is 0 Å². The van der Waals surface area contributed by atoms with Crippen molar-refractivity contribution in [1.82, 2.24) is 0 Å². The first kappa shape index (κ1) is 14.5. The minimum Gasteiger partial charge on any atom is -0.398 e. The van der Waals surface area contributed by atoms with Crippen molar-refractivity contribution >= 4 is 15.5 Å². The van der Waals surface area contributed by atoms with Gasteiger partial charge in [-0.3, -0.25) is 0 Å². The Morgan fingerprint density at radius 1 is 1.05 bits per heavy atom. The van der Waals surface area contributed by atoms with Crippen LogP contribution in [0.5, 0.6) is 0 Å². The lowest BCUT2D eigenvalue weighted by Crippen LogP contribution is -2.08. The van der Waals surface area contributed by atoms with Crippen molar-refractivity contribution in [2.45, 2.75) is 17.6 Å². The van der Waals surface area contributed by atoms with Gasteiger partial charge in [-0.25, -0.2) is 17.2 Å². The number of nitrogen functional groups attached to an aromatic ring is 1. The van der Waals surface area contributed by atoms with E-state index in [1.807, 2.05) is 0 Å². The first-order valence-corrected chi connectivity index (χ1v) is 7.47. The number of hydrogen-bond donors (Lipinski definition) is 1. The molecule has 0 spiro atoms. The van der Waals surface area contributed by atoms with E-state index in [4.69, 9.17) is 5.73 Å². The Bertz CT molecular complexity index is 738. The van der Waals surface area contributed by atoms with Crippen LogP contribution in [-0.2, 0) is 15.6 Å². The maximum atomic E-state index is 13.1. The summed E-state index contributed by atoms with van der Waals surface area (Å²) in [5, 5.41) is 0. The van der Waals surface area contributed by atoms with E-state index < -0.39 is 27.2 Å². The zero-order valence-electron chi connectivity index (χ0n) is 10.7. The average Bonchev–Trinajstić information content (AvgIpc) is 2.30. The van der Waals surface area contributed by atoms with Gasteiger partial charge in [0.25, 0.3) is 0 Å². The summed E-state index contributed by atoms with van der Waals surface area (Å²) in [5.74, 6) is -2.13. The van der Waals surface area contributed by atoms with Crippen LogP contribution in [-0.4, -0.2) is 8.42 Å². The van der Waals surface area contributed by atoms with Gasteiger partial charge >= 0.3 is 0 Å². The van der Waals surface area contributed by atoms with Crippen molar-refractivity contribution in [3.05, 3.63) is 59.2 Å². The second-order valence-electron chi connectivity index (χ2n) is 4.58. The fourth-order valence-electron chi connectivity index (χ4n) is 1.90. The summed E-state index contributed by atoms with van der Waals surface area (Å²) >= 11 is 0. The normalized spacial score (nSPS) is 11.6. The molecule has 2 aromatic carbocycles. The molecule has 0 saturated carbocycles. The maximum Gasteiger partial charge on any atom is 0.184 e. The largest absolute Gasteiger partial charge is 0.398 e. The Morgan fingerprint density at radius 3 is 2.25 bits per heavy atom. The highest BCUT2D eigenvalue weighted by atomic mass is 32.2. The molecule has 0 radical (unpaired) electrons. The minimum absolute atomic E-state index is 0.0258. The van der Waals surface area contributed by atoms with Crippen LogP contribution < -0.4 is 5.73 Å². The molecule has 0 unspecified atom stereocenters. The van der Waals surface area contributed by atoms with E-state index in [1.165, 1.54) is 12.1 Å². The second-order valence-corrected chi connectivity index (χ2v) is 6.54. The van der Waals surface area contributed by atoms with E-state index >= 15 is 0 Å². The Hall–Kier alpha value is -1.95. The predicted octanol–water partition coefficient (Wildman–Crippen LogP) is 2.83. The monoisotopic (exact) mass is 297 g/mol. The van der Waals surface area contributed by atoms with Gasteiger partial charge in [0.05, 0.1) is 16.3 Å². The number of rotatable bonds is 3. The number of aryl methyl sites for hydroxylation is 1. The van der Waals surface area contributed by atoms with E-state index in [0.717, 1.165) is 17.7 Å².